The van der Waals surface area contributed by atoms with Crippen LogP contribution < -0.4 is 0 Å². The summed E-state index contributed by atoms with van der Waals surface area (Å²) < 4.78 is 0. The summed E-state index contributed by atoms with van der Waals surface area (Å²) in [7, 11) is 3.58. The Labute approximate surface area is 149 Å². The second kappa shape index (κ2) is 7.47. The molecule has 7 nitrogen and oxygen atoms in total. The molecule has 2 aliphatic heterocycles. The van der Waals surface area contributed by atoms with E-state index in [0.29, 0.717) is 13.1 Å². The first-order chi connectivity index (χ1) is 11.9. The summed E-state index contributed by atoms with van der Waals surface area (Å²) in [5.74, 6) is 1.40. The van der Waals surface area contributed by atoms with Crippen LogP contribution in [-0.2, 0) is 22.6 Å². The SMILES string of the molecule is CC(=O)N1CCc2nc([C@@H]3CCCN(CC(=O)N(C)C)C3)ncc2C1. The molecule has 0 aromatic carbocycles. The molecule has 1 saturated heterocycles. The van der Waals surface area contributed by atoms with Crippen molar-refractivity contribution in [3.05, 3.63) is 23.3 Å². The van der Waals surface area contributed by atoms with Crippen molar-refractivity contribution in [2.45, 2.75) is 38.6 Å². The molecule has 3 rings (SSSR count). The molecule has 25 heavy (non-hydrogen) atoms. The number of likely N-dealkylation sites (tertiary alicyclic amines) is 1. The maximum Gasteiger partial charge on any atom is 0.236 e. The fraction of sp³-hybridized carbons (Fsp3) is 0.667. The van der Waals surface area contributed by atoms with Gasteiger partial charge in [-0.3, -0.25) is 14.5 Å². The Bertz CT molecular complexity index is 661. The first kappa shape index (κ1) is 17.8. The quantitative estimate of drug-likeness (QED) is 0.804. The lowest BCUT2D eigenvalue weighted by atomic mass is 9.96. The molecular formula is C18H27N5O2. The van der Waals surface area contributed by atoms with Crippen LogP contribution in [0.5, 0.6) is 0 Å². The summed E-state index contributed by atoms with van der Waals surface area (Å²) in [6.45, 7) is 5.19. The predicted octanol–water partition coefficient (Wildman–Crippen LogP) is 0.649. The van der Waals surface area contributed by atoms with Crippen LogP contribution in [0.4, 0.5) is 0 Å². The highest BCUT2D eigenvalue weighted by Crippen LogP contribution is 2.26. The standard InChI is InChI=1S/C18H27N5O2/c1-13(24)23-8-6-16-15(11-23)9-19-18(20-16)14-5-4-7-22(10-14)12-17(25)21(2)3/h9,14H,4-8,10-12H2,1-3H3/t14-/m1/s1. The van der Waals surface area contributed by atoms with Gasteiger partial charge in [-0.2, -0.15) is 0 Å². The van der Waals surface area contributed by atoms with Crippen molar-refractivity contribution in [2.24, 2.45) is 0 Å². The van der Waals surface area contributed by atoms with Crippen molar-refractivity contribution in [3.8, 4) is 0 Å². The number of hydrogen-bond acceptors (Lipinski definition) is 5. The monoisotopic (exact) mass is 345 g/mol. The van der Waals surface area contributed by atoms with Gasteiger partial charge in [0.25, 0.3) is 0 Å². The predicted molar refractivity (Wildman–Crippen MR) is 93.9 cm³/mol. The molecule has 0 spiro atoms. The Morgan fingerprint density at radius 3 is 2.84 bits per heavy atom. The zero-order chi connectivity index (χ0) is 18.0. The molecule has 1 aromatic rings. The van der Waals surface area contributed by atoms with Gasteiger partial charge in [0.1, 0.15) is 5.82 Å². The van der Waals surface area contributed by atoms with E-state index in [4.69, 9.17) is 4.98 Å². The summed E-state index contributed by atoms with van der Waals surface area (Å²) in [4.78, 5) is 38.6. The average molecular weight is 345 g/mol. The number of hydrogen-bond donors (Lipinski definition) is 0. The van der Waals surface area contributed by atoms with Gasteiger partial charge in [-0.15, -0.1) is 0 Å². The molecule has 0 aliphatic carbocycles. The van der Waals surface area contributed by atoms with Crippen LogP contribution in [0.15, 0.2) is 6.20 Å². The lowest BCUT2D eigenvalue weighted by Gasteiger charge is -2.33. The van der Waals surface area contributed by atoms with Gasteiger partial charge < -0.3 is 9.80 Å². The van der Waals surface area contributed by atoms with E-state index in [1.54, 1.807) is 25.9 Å². The number of carbonyl (C=O) groups excluding carboxylic acids is 2. The van der Waals surface area contributed by atoms with E-state index < -0.39 is 0 Å². The molecule has 1 fully saturated rings. The summed E-state index contributed by atoms with van der Waals surface area (Å²) in [5.41, 5.74) is 2.13. The second-order valence-electron chi connectivity index (χ2n) is 7.25. The second-order valence-corrected chi connectivity index (χ2v) is 7.25. The van der Waals surface area contributed by atoms with Crippen LogP contribution in [-0.4, -0.2) is 76.8 Å². The van der Waals surface area contributed by atoms with E-state index in [1.807, 2.05) is 11.1 Å². The van der Waals surface area contributed by atoms with Crippen LogP contribution in [0.2, 0.25) is 0 Å². The number of nitrogens with zero attached hydrogens (tertiary/aromatic N) is 5. The van der Waals surface area contributed by atoms with Crippen LogP contribution in [0.1, 0.15) is 42.8 Å². The zero-order valence-electron chi connectivity index (χ0n) is 15.4. The number of amides is 2. The van der Waals surface area contributed by atoms with E-state index in [9.17, 15) is 9.59 Å². The molecule has 1 aromatic heterocycles. The zero-order valence-corrected chi connectivity index (χ0v) is 15.4. The Balaban J connectivity index is 1.68. The summed E-state index contributed by atoms with van der Waals surface area (Å²) in [5, 5.41) is 0. The lowest BCUT2D eigenvalue weighted by Crippen LogP contribution is -2.42. The lowest BCUT2D eigenvalue weighted by molar-refractivity contribution is -0.130. The highest BCUT2D eigenvalue weighted by atomic mass is 16.2. The third-order valence-electron chi connectivity index (χ3n) is 5.13. The Hall–Kier alpha value is -2.02. The van der Waals surface area contributed by atoms with Gasteiger partial charge >= 0.3 is 0 Å². The van der Waals surface area contributed by atoms with E-state index in [2.05, 4.69) is 9.88 Å². The van der Waals surface area contributed by atoms with Gasteiger partial charge in [0.05, 0.1) is 12.2 Å². The number of piperidine rings is 1. The van der Waals surface area contributed by atoms with Crippen molar-refractivity contribution < 1.29 is 9.59 Å². The molecule has 2 aliphatic rings. The topological polar surface area (TPSA) is 69.6 Å². The molecule has 0 bridgehead atoms. The molecule has 0 N–H and O–H groups in total. The fourth-order valence-corrected chi connectivity index (χ4v) is 3.54. The Morgan fingerprint density at radius 2 is 2.12 bits per heavy atom. The maximum atomic E-state index is 12.0. The first-order valence-electron chi connectivity index (χ1n) is 8.96. The molecule has 0 radical (unpaired) electrons. The molecule has 2 amide bonds. The van der Waals surface area contributed by atoms with Crippen molar-refractivity contribution in [1.82, 2.24) is 24.7 Å². The number of likely N-dealkylation sites (N-methyl/N-ethyl adjacent to an activating group) is 1. The van der Waals surface area contributed by atoms with Crippen molar-refractivity contribution in [3.63, 3.8) is 0 Å². The van der Waals surface area contributed by atoms with Gasteiger partial charge in [-0.05, 0) is 19.4 Å². The van der Waals surface area contributed by atoms with Gasteiger partial charge in [0.2, 0.25) is 11.8 Å². The number of fused-ring (bicyclic) bond motifs is 1. The average Bonchev–Trinajstić information content (AvgIpc) is 2.60. The molecule has 1 atom stereocenters. The minimum atomic E-state index is 0.100. The molecule has 7 heteroatoms. The third kappa shape index (κ3) is 4.15. The van der Waals surface area contributed by atoms with Crippen molar-refractivity contribution in [2.75, 3.05) is 40.3 Å². The normalized spacial score (nSPS) is 20.9. The highest BCUT2D eigenvalue weighted by Gasteiger charge is 2.27. The smallest absolute Gasteiger partial charge is 0.236 e. The number of carbonyl (C=O) groups is 2. The van der Waals surface area contributed by atoms with E-state index >= 15 is 0 Å². The third-order valence-corrected chi connectivity index (χ3v) is 5.13. The molecule has 3 heterocycles. The van der Waals surface area contributed by atoms with Crippen LogP contribution in [0.3, 0.4) is 0 Å². The fourth-order valence-electron chi connectivity index (χ4n) is 3.54. The summed E-state index contributed by atoms with van der Waals surface area (Å²) >= 11 is 0. The molecule has 0 saturated carbocycles. The maximum absolute atomic E-state index is 12.0. The minimum absolute atomic E-state index is 0.100. The van der Waals surface area contributed by atoms with Gasteiger partial charge in [-0.1, -0.05) is 0 Å². The summed E-state index contributed by atoms with van der Waals surface area (Å²) in [6, 6.07) is 0. The Morgan fingerprint density at radius 1 is 1.32 bits per heavy atom. The van der Waals surface area contributed by atoms with Crippen LogP contribution in [0.25, 0.3) is 0 Å². The minimum Gasteiger partial charge on any atom is -0.348 e. The van der Waals surface area contributed by atoms with Gasteiger partial charge in [0.15, 0.2) is 0 Å². The number of aromatic nitrogens is 2. The van der Waals surface area contributed by atoms with Gasteiger partial charge in [-0.25, -0.2) is 9.97 Å². The van der Waals surface area contributed by atoms with Crippen molar-refractivity contribution >= 4 is 11.8 Å². The van der Waals surface area contributed by atoms with Crippen molar-refractivity contribution in [1.29, 1.82) is 0 Å². The summed E-state index contributed by atoms with van der Waals surface area (Å²) in [6.07, 6.45) is 4.80. The first-order valence-corrected chi connectivity index (χ1v) is 8.96. The van der Waals surface area contributed by atoms with Gasteiger partial charge in [0, 0.05) is 64.8 Å². The number of rotatable bonds is 3. The molecular weight excluding hydrogens is 318 g/mol. The van der Waals surface area contributed by atoms with Crippen LogP contribution >= 0.6 is 0 Å². The highest BCUT2D eigenvalue weighted by molar-refractivity contribution is 5.77. The van der Waals surface area contributed by atoms with Crippen LogP contribution in [0, 0.1) is 0 Å². The molecule has 0 unspecified atom stereocenters. The van der Waals surface area contributed by atoms with E-state index in [0.717, 1.165) is 56.0 Å². The van der Waals surface area contributed by atoms with E-state index in [-0.39, 0.29) is 17.7 Å². The Kier molecular flexibility index (Phi) is 5.32. The largest absolute Gasteiger partial charge is 0.348 e. The molecule has 136 valence electrons. The van der Waals surface area contributed by atoms with E-state index in [1.165, 1.54) is 0 Å².